The van der Waals surface area contributed by atoms with Gasteiger partial charge in [-0.15, -0.1) is 0 Å². The molecule has 0 saturated carbocycles. The fourth-order valence-electron chi connectivity index (χ4n) is 2.90. The van der Waals surface area contributed by atoms with Gasteiger partial charge in [-0.2, -0.15) is 0 Å². The first kappa shape index (κ1) is 22.8. The zero-order chi connectivity index (χ0) is 20.7. The van der Waals surface area contributed by atoms with E-state index >= 15 is 0 Å². The van der Waals surface area contributed by atoms with E-state index in [1.54, 1.807) is 6.08 Å². The van der Waals surface area contributed by atoms with E-state index in [0.717, 1.165) is 48.6 Å². The van der Waals surface area contributed by atoms with E-state index in [-0.39, 0.29) is 0 Å². The van der Waals surface area contributed by atoms with Crippen LogP contribution in [0.5, 0.6) is 5.75 Å². The number of ether oxygens (including phenoxy) is 2. The third kappa shape index (κ3) is 9.05. The van der Waals surface area contributed by atoms with Crippen LogP contribution in [0, 0.1) is 0 Å². The summed E-state index contributed by atoms with van der Waals surface area (Å²) in [6, 6.07) is 7.92. The predicted octanol–water partition coefficient (Wildman–Crippen LogP) is 6.49. The Morgan fingerprint density at radius 2 is 1.79 bits per heavy atom. The molecule has 4 heteroatoms. The first-order valence-electron chi connectivity index (χ1n) is 10.7. The maximum Gasteiger partial charge on any atom is 0.151 e. The lowest BCUT2D eigenvalue weighted by Gasteiger charge is -2.11. The Kier molecular flexibility index (Phi) is 10.8. The van der Waals surface area contributed by atoms with E-state index in [0.29, 0.717) is 12.7 Å². The van der Waals surface area contributed by atoms with Crippen molar-refractivity contribution in [1.82, 2.24) is 9.97 Å². The van der Waals surface area contributed by atoms with Crippen molar-refractivity contribution < 1.29 is 9.47 Å². The Labute approximate surface area is 175 Å². The van der Waals surface area contributed by atoms with Gasteiger partial charge in [-0.25, -0.2) is 9.97 Å². The minimum absolute atomic E-state index is 0.337. The lowest BCUT2D eigenvalue weighted by Crippen LogP contribution is -2.08. The normalized spacial score (nSPS) is 12.2. The molecule has 0 fully saturated rings. The summed E-state index contributed by atoms with van der Waals surface area (Å²) in [6.07, 6.45) is 16.8. The molecule has 0 amide bonds. The average Bonchev–Trinajstić information content (AvgIpc) is 2.76. The topological polar surface area (TPSA) is 44.2 Å². The van der Waals surface area contributed by atoms with E-state index in [1.165, 1.54) is 19.3 Å². The van der Waals surface area contributed by atoms with Crippen LogP contribution in [0.3, 0.4) is 0 Å². The molecule has 0 aliphatic carbocycles. The highest BCUT2D eigenvalue weighted by molar-refractivity contribution is 5.62. The van der Waals surface area contributed by atoms with Crippen LogP contribution in [0.15, 0.2) is 55.4 Å². The van der Waals surface area contributed by atoms with Crippen molar-refractivity contribution >= 4 is 6.08 Å². The van der Waals surface area contributed by atoms with E-state index in [1.807, 2.05) is 42.7 Å². The molecule has 0 aliphatic rings. The van der Waals surface area contributed by atoms with Gasteiger partial charge in [0.15, 0.2) is 5.82 Å². The van der Waals surface area contributed by atoms with Gasteiger partial charge in [0.2, 0.25) is 0 Å². The lowest BCUT2D eigenvalue weighted by atomic mass is 10.1. The third-order valence-corrected chi connectivity index (χ3v) is 4.63. The van der Waals surface area contributed by atoms with Crippen molar-refractivity contribution in [1.29, 1.82) is 0 Å². The third-order valence-electron chi connectivity index (χ3n) is 4.63. The van der Waals surface area contributed by atoms with E-state index in [4.69, 9.17) is 9.47 Å². The summed E-state index contributed by atoms with van der Waals surface area (Å²) in [5.41, 5.74) is 2.06. The van der Waals surface area contributed by atoms with Crippen LogP contribution < -0.4 is 4.74 Å². The average molecular weight is 395 g/mol. The van der Waals surface area contributed by atoms with Gasteiger partial charge in [-0.1, -0.05) is 50.6 Å². The van der Waals surface area contributed by atoms with Gasteiger partial charge < -0.3 is 9.47 Å². The molecular weight excluding hydrogens is 360 g/mol. The maximum atomic E-state index is 5.83. The molecule has 0 radical (unpaired) electrons. The molecule has 4 nitrogen and oxygen atoms in total. The fourth-order valence-corrected chi connectivity index (χ4v) is 2.90. The van der Waals surface area contributed by atoms with Gasteiger partial charge in [0.25, 0.3) is 0 Å². The molecule has 0 bridgehead atoms. The fraction of sp³-hybridized carbons (Fsp3) is 0.440. The van der Waals surface area contributed by atoms with E-state index in [2.05, 4.69) is 36.5 Å². The number of benzene rings is 1. The first-order valence-corrected chi connectivity index (χ1v) is 10.7. The second kappa shape index (κ2) is 13.7. The maximum absolute atomic E-state index is 5.83. The Bertz CT molecular complexity index is 723. The molecule has 0 spiro atoms. The molecule has 2 aromatic rings. The van der Waals surface area contributed by atoms with Crippen molar-refractivity contribution in [2.75, 3.05) is 13.2 Å². The number of rotatable bonds is 14. The SMILES string of the molecule is C=CCOc1ccc(-c2cnc(/C=C/CCCC(C)OCCCCC)nc2)cc1. The van der Waals surface area contributed by atoms with Crippen molar-refractivity contribution in [3.05, 3.63) is 61.2 Å². The summed E-state index contributed by atoms with van der Waals surface area (Å²) in [7, 11) is 0. The molecule has 0 saturated heterocycles. The van der Waals surface area contributed by atoms with E-state index < -0.39 is 0 Å². The van der Waals surface area contributed by atoms with Gasteiger partial charge in [0.1, 0.15) is 12.4 Å². The molecule has 156 valence electrons. The van der Waals surface area contributed by atoms with Gasteiger partial charge in [-0.3, -0.25) is 0 Å². The quantitative estimate of drug-likeness (QED) is 0.271. The monoisotopic (exact) mass is 394 g/mol. The van der Waals surface area contributed by atoms with Crippen LogP contribution in [0.2, 0.25) is 0 Å². The highest BCUT2D eigenvalue weighted by Crippen LogP contribution is 2.21. The number of allylic oxidation sites excluding steroid dienone is 1. The Hall–Kier alpha value is -2.46. The largest absolute Gasteiger partial charge is 0.490 e. The number of aromatic nitrogens is 2. The Balaban J connectivity index is 1.72. The number of hydrogen-bond acceptors (Lipinski definition) is 4. The Morgan fingerprint density at radius 3 is 2.48 bits per heavy atom. The smallest absolute Gasteiger partial charge is 0.151 e. The van der Waals surface area contributed by atoms with Crippen LogP contribution in [-0.4, -0.2) is 29.3 Å². The van der Waals surface area contributed by atoms with Crippen LogP contribution in [0.25, 0.3) is 17.2 Å². The van der Waals surface area contributed by atoms with Crippen LogP contribution in [-0.2, 0) is 4.74 Å². The highest BCUT2D eigenvalue weighted by atomic mass is 16.5. The van der Waals surface area contributed by atoms with Crippen molar-refractivity contribution in [3.63, 3.8) is 0 Å². The van der Waals surface area contributed by atoms with Gasteiger partial charge >= 0.3 is 0 Å². The molecule has 29 heavy (non-hydrogen) atoms. The molecule has 1 aromatic carbocycles. The summed E-state index contributed by atoms with van der Waals surface area (Å²) in [6.45, 7) is 9.42. The molecule has 1 atom stereocenters. The molecule has 0 aliphatic heterocycles. The van der Waals surface area contributed by atoms with Gasteiger partial charge in [0.05, 0.1) is 6.10 Å². The van der Waals surface area contributed by atoms with E-state index in [9.17, 15) is 0 Å². The number of hydrogen-bond donors (Lipinski definition) is 0. The van der Waals surface area contributed by atoms with Crippen LogP contribution in [0.1, 0.15) is 58.2 Å². The minimum Gasteiger partial charge on any atom is -0.490 e. The Morgan fingerprint density at radius 1 is 1.03 bits per heavy atom. The molecular formula is C25H34N2O2. The van der Waals surface area contributed by atoms with Crippen molar-refractivity contribution in [2.24, 2.45) is 0 Å². The molecule has 2 rings (SSSR count). The standard InChI is InChI=1S/C25H34N2O2/c1-4-6-10-18-28-21(3)11-8-7-9-12-25-26-19-23(20-27-25)22-13-15-24(16-14-22)29-17-5-2/h5,9,12-16,19-21H,2,4,6-8,10-11,17-18H2,1,3H3/b12-9+. The van der Waals surface area contributed by atoms with Gasteiger partial charge in [-0.05, 0) is 56.4 Å². The number of unbranched alkanes of at least 4 members (excludes halogenated alkanes) is 3. The molecule has 1 unspecified atom stereocenters. The molecule has 1 heterocycles. The first-order chi connectivity index (χ1) is 14.2. The van der Waals surface area contributed by atoms with Crippen LogP contribution in [0.4, 0.5) is 0 Å². The lowest BCUT2D eigenvalue weighted by molar-refractivity contribution is 0.0566. The number of nitrogens with zero attached hydrogens (tertiary/aromatic N) is 2. The summed E-state index contributed by atoms with van der Waals surface area (Å²) in [4.78, 5) is 8.90. The second-order valence-electron chi connectivity index (χ2n) is 7.18. The second-order valence-corrected chi connectivity index (χ2v) is 7.18. The highest BCUT2D eigenvalue weighted by Gasteiger charge is 2.02. The summed E-state index contributed by atoms with van der Waals surface area (Å²) in [5, 5.41) is 0. The van der Waals surface area contributed by atoms with Crippen LogP contribution >= 0.6 is 0 Å². The van der Waals surface area contributed by atoms with Crippen molar-refractivity contribution in [2.45, 2.75) is 58.5 Å². The molecule has 1 aromatic heterocycles. The zero-order valence-corrected chi connectivity index (χ0v) is 17.8. The predicted molar refractivity (Wildman–Crippen MR) is 121 cm³/mol. The van der Waals surface area contributed by atoms with Gasteiger partial charge in [0, 0.05) is 24.6 Å². The zero-order valence-electron chi connectivity index (χ0n) is 17.8. The van der Waals surface area contributed by atoms with Crippen molar-refractivity contribution in [3.8, 4) is 16.9 Å². The molecule has 0 N–H and O–H groups in total. The summed E-state index contributed by atoms with van der Waals surface area (Å²) < 4.78 is 11.3. The minimum atomic E-state index is 0.337. The summed E-state index contributed by atoms with van der Waals surface area (Å²) >= 11 is 0. The summed E-state index contributed by atoms with van der Waals surface area (Å²) in [5.74, 6) is 1.57.